The Labute approximate surface area is 206 Å². The van der Waals surface area contributed by atoms with E-state index in [0.717, 1.165) is 38.6 Å². The van der Waals surface area contributed by atoms with Crippen LogP contribution in [0, 0.1) is 0 Å². The molecule has 0 spiro atoms. The average Bonchev–Trinajstić information content (AvgIpc) is 3.17. The molecule has 0 unspecified atom stereocenters. The van der Waals surface area contributed by atoms with Gasteiger partial charge < -0.3 is 27.2 Å². The van der Waals surface area contributed by atoms with Gasteiger partial charge in [0.2, 0.25) is 0 Å². The van der Waals surface area contributed by atoms with E-state index in [0.29, 0.717) is 36.8 Å². The Kier molecular flexibility index (Phi) is 8.96. The van der Waals surface area contributed by atoms with E-state index in [2.05, 4.69) is 18.3 Å². The van der Waals surface area contributed by atoms with Crippen LogP contribution < -0.4 is 27.2 Å². The fraction of sp³-hybridized carbons (Fsp3) is 0.538. The van der Waals surface area contributed by atoms with Gasteiger partial charge in [0.15, 0.2) is 11.5 Å². The maximum absolute atomic E-state index is 12.3. The predicted molar refractivity (Wildman–Crippen MR) is 125 cm³/mol. The molecule has 2 heterocycles. The Bertz CT molecular complexity index is 1000. The van der Waals surface area contributed by atoms with Crippen LogP contribution in [0.2, 0.25) is 0 Å². The van der Waals surface area contributed by atoms with Crippen LogP contribution in [0.15, 0.2) is 18.2 Å². The Balaban J connectivity index is 0.00000306. The van der Waals surface area contributed by atoms with Gasteiger partial charge in [0.25, 0.3) is 0 Å². The minimum Gasteiger partial charge on any atom is -1.00 e. The molecule has 0 saturated heterocycles. The van der Waals surface area contributed by atoms with Gasteiger partial charge in [-0.25, -0.2) is 0 Å². The van der Waals surface area contributed by atoms with Crippen LogP contribution >= 0.6 is 11.3 Å². The number of quaternary nitrogens is 1. The van der Waals surface area contributed by atoms with Crippen molar-refractivity contribution in [2.75, 3.05) is 0 Å². The molecule has 0 radical (unpaired) electrons. The van der Waals surface area contributed by atoms with Gasteiger partial charge in [-0.05, 0) is 60.6 Å². The first kappa shape index (κ1) is 25.7. The van der Waals surface area contributed by atoms with Gasteiger partial charge in [-0.1, -0.05) is 27.2 Å². The van der Waals surface area contributed by atoms with Gasteiger partial charge in [0.1, 0.15) is 6.54 Å². The average molecular weight is 492 g/mol. The highest BCUT2D eigenvalue weighted by molar-refractivity contribution is 7.12. The molecular weight excluding hydrogens is 458 g/mol. The van der Waals surface area contributed by atoms with Crippen LogP contribution in [-0.2, 0) is 29.0 Å². The number of carbonyl (C=O) groups excluding carboxylic acids is 2. The van der Waals surface area contributed by atoms with Gasteiger partial charge in [0.05, 0.1) is 16.8 Å². The highest BCUT2D eigenvalue weighted by atomic mass is 35.5. The lowest BCUT2D eigenvalue weighted by atomic mass is 9.74. The lowest BCUT2D eigenvalue weighted by Gasteiger charge is -2.35. The van der Waals surface area contributed by atoms with Crippen LogP contribution in [0.1, 0.15) is 91.7 Å². The van der Waals surface area contributed by atoms with Crippen molar-refractivity contribution < 1.29 is 36.8 Å². The smallest absolute Gasteiger partial charge is 0.311 e. The molecule has 4 rings (SSSR count). The molecule has 1 aliphatic carbocycles. The molecule has 2 N–H and O–H groups in total. The van der Waals surface area contributed by atoms with Gasteiger partial charge in [-0.2, -0.15) is 0 Å². The van der Waals surface area contributed by atoms with Crippen molar-refractivity contribution in [2.45, 2.75) is 90.6 Å². The maximum atomic E-state index is 12.3. The first-order valence-electron chi connectivity index (χ1n) is 12.1. The number of esters is 2. The quantitative estimate of drug-likeness (QED) is 0.450. The van der Waals surface area contributed by atoms with Crippen molar-refractivity contribution in [1.82, 2.24) is 0 Å². The molecule has 0 amide bonds. The number of fused-ring (bicyclic) bond motifs is 5. The summed E-state index contributed by atoms with van der Waals surface area (Å²) in [7, 11) is 0. The van der Waals surface area contributed by atoms with Gasteiger partial charge in [-0.3, -0.25) is 9.59 Å². The van der Waals surface area contributed by atoms with E-state index in [4.69, 9.17) is 9.47 Å². The first-order valence-corrected chi connectivity index (χ1v) is 12.9. The van der Waals surface area contributed by atoms with Gasteiger partial charge in [0, 0.05) is 24.1 Å². The van der Waals surface area contributed by atoms with Crippen LogP contribution in [0.5, 0.6) is 11.5 Å². The van der Waals surface area contributed by atoms with E-state index in [1.807, 2.05) is 37.3 Å². The molecule has 0 fully saturated rings. The number of thiophene rings is 1. The van der Waals surface area contributed by atoms with Crippen molar-refractivity contribution in [2.24, 2.45) is 0 Å². The Morgan fingerprint density at radius 1 is 0.970 bits per heavy atom. The Morgan fingerprint density at radius 3 is 2.27 bits per heavy atom. The summed E-state index contributed by atoms with van der Waals surface area (Å²) in [6.07, 6.45) is 6.42. The number of hydrogen-bond donors (Lipinski definition) is 1. The van der Waals surface area contributed by atoms with Crippen LogP contribution in [0.4, 0.5) is 0 Å². The molecule has 0 bridgehead atoms. The zero-order valence-electron chi connectivity index (χ0n) is 19.7. The zero-order chi connectivity index (χ0) is 22.7. The third-order valence-electron chi connectivity index (χ3n) is 6.40. The summed E-state index contributed by atoms with van der Waals surface area (Å²) >= 11 is 1.94. The minimum atomic E-state index is -0.288. The second kappa shape index (κ2) is 11.5. The summed E-state index contributed by atoms with van der Waals surface area (Å²) in [5.41, 5.74) is 3.85. The Morgan fingerprint density at radius 2 is 1.64 bits per heavy atom. The van der Waals surface area contributed by atoms with E-state index in [-0.39, 0.29) is 30.3 Å². The molecule has 7 heteroatoms. The number of ether oxygens (including phenoxy) is 2. The van der Waals surface area contributed by atoms with Crippen molar-refractivity contribution in [1.29, 1.82) is 0 Å². The number of nitrogens with two attached hydrogens (primary N) is 1. The number of rotatable bonds is 8. The second-order valence-corrected chi connectivity index (χ2v) is 10.1. The van der Waals surface area contributed by atoms with E-state index < -0.39 is 0 Å². The first-order chi connectivity index (χ1) is 15.5. The summed E-state index contributed by atoms with van der Waals surface area (Å²) in [6.45, 7) is 7.17. The molecule has 5 nitrogen and oxygen atoms in total. The number of halogens is 1. The van der Waals surface area contributed by atoms with Gasteiger partial charge >= 0.3 is 11.9 Å². The fourth-order valence-electron chi connectivity index (χ4n) is 4.96. The van der Waals surface area contributed by atoms with E-state index >= 15 is 0 Å². The highest BCUT2D eigenvalue weighted by Crippen LogP contribution is 2.45. The van der Waals surface area contributed by atoms with Gasteiger partial charge in [-0.15, -0.1) is 11.3 Å². The SMILES string of the molecule is CCCC(=O)Oc1cc2c(cc1OC(=O)CCC)[C@H]1c3cc(CCC)sc3C[NH2+][C@@H]1CC2.[Cl-]. The molecule has 1 aliphatic heterocycles. The second-order valence-electron chi connectivity index (χ2n) is 8.91. The number of carbonyl (C=O) groups is 2. The summed E-state index contributed by atoms with van der Waals surface area (Å²) in [4.78, 5) is 27.5. The lowest BCUT2D eigenvalue weighted by molar-refractivity contribution is -0.710. The zero-order valence-corrected chi connectivity index (χ0v) is 21.3. The maximum Gasteiger partial charge on any atom is 0.311 e. The number of aryl methyl sites for hydroxylation is 2. The van der Waals surface area contributed by atoms with Crippen molar-refractivity contribution >= 4 is 23.3 Å². The minimum absolute atomic E-state index is 0. The summed E-state index contributed by atoms with van der Waals surface area (Å²) in [5.74, 6) is 0.465. The topological polar surface area (TPSA) is 69.2 Å². The number of benzene rings is 1. The molecule has 2 aliphatic rings. The molecule has 1 aromatic carbocycles. The molecule has 2 atom stereocenters. The van der Waals surface area contributed by atoms with Crippen molar-refractivity contribution in [3.63, 3.8) is 0 Å². The third kappa shape index (κ3) is 5.61. The normalized spacial score (nSPS) is 18.4. The van der Waals surface area contributed by atoms with E-state index in [1.54, 1.807) is 0 Å². The van der Waals surface area contributed by atoms with E-state index in [1.165, 1.54) is 26.4 Å². The number of hydrogen-bond acceptors (Lipinski definition) is 5. The van der Waals surface area contributed by atoms with Crippen molar-refractivity contribution in [3.8, 4) is 11.5 Å². The monoisotopic (exact) mass is 491 g/mol. The van der Waals surface area contributed by atoms with E-state index in [9.17, 15) is 9.59 Å². The van der Waals surface area contributed by atoms with Crippen LogP contribution in [-0.4, -0.2) is 18.0 Å². The lowest BCUT2D eigenvalue weighted by Crippen LogP contribution is -3.00. The fourth-order valence-corrected chi connectivity index (χ4v) is 6.25. The molecule has 2 aromatic rings. The Hall–Kier alpha value is -1.89. The van der Waals surface area contributed by atoms with Crippen molar-refractivity contribution in [3.05, 3.63) is 44.6 Å². The molecule has 33 heavy (non-hydrogen) atoms. The summed E-state index contributed by atoms with van der Waals surface area (Å²) < 4.78 is 11.4. The largest absolute Gasteiger partial charge is 1.00 e. The molecule has 180 valence electrons. The van der Waals surface area contributed by atoms with Crippen LogP contribution in [0.3, 0.4) is 0 Å². The summed E-state index contributed by atoms with van der Waals surface area (Å²) in [5, 5.41) is 2.47. The summed E-state index contributed by atoms with van der Waals surface area (Å²) in [6, 6.07) is 6.82. The van der Waals surface area contributed by atoms with Crippen LogP contribution in [0.25, 0.3) is 0 Å². The molecular formula is C26H34ClNO4S. The standard InChI is InChI=1S/C26H33NO4S.ClH/c1-4-7-17-13-19-23(32-17)15-27-20-11-10-16-12-21(30-24(28)8-5-2)22(14-18(16)26(19)20)31-25(29)9-6-3;/h12-14,20,26-27H,4-11,15H2,1-3H3;1H/t20-,26+;/m1./s1. The highest BCUT2D eigenvalue weighted by Gasteiger charge is 2.40. The molecule has 1 aromatic heterocycles. The molecule has 0 saturated carbocycles. The third-order valence-corrected chi connectivity index (χ3v) is 7.63. The predicted octanol–water partition coefficient (Wildman–Crippen LogP) is 1.64.